The Morgan fingerprint density at radius 2 is 1.61 bits per heavy atom. The van der Waals surface area contributed by atoms with Crippen molar-refractivity contribution in [3.8, 4) is 0 Å². The molecule has 2 aromatic carbocycles. The van der Waals surface area contributed by atoms with E-state index in [-0.39, 0.29) is 18.9 Å². The highest BCUT2D eigenvalue weighted by atomic mass is 35.7. The van der Waals surface area contributed by atoms with Crippen molar-refractivity contribution in [2.45, 2.75) is 18.9 Å². The van der Waals surface area contributed by atoms with Gasteiger partial charge in [-0.15, -0.1) is 0 Å². The molecule has 1 N–H and O–H groups in total. The molecule has 0 bridgehead atoms. The first-order valence-electron chi connectivity index (χ1n) is 6.88. The zero-order valence-corrected chi connectivity index (χ0v) is 13.8. The molecular formula is C16H16ClNO4S. The molecule has 23 heavy (non-hydrogen) atoms. The zero-order valence-electron chi connectivity index (χ0n) is 12.2. The number of halogens is 1. The highest BCUT2D eigenvalue weighted by molar-refractivity contribution is 8.13. The van der Waals surface area contributed by atoms with E-state index in [9.17, 15) is 13.2 Å². The number of benzene rings is 2. The van der Waals surface area contributed by atoms with Crippen molar-refractivity contribution in [3.05, 3.63) is 71.3 Å². The molecule has 0 unspecified atom stereocenters. The van der Waals surface area contributed by atoms with Crippen LogP contribution in [0.1, 0.15) is 16.7 Å². The topological polar surface area (TPSA) is 72.5 Å². The van der Waals surface area contributed by atoms with Gasteiger partial charge in [-0.1, -0.05) is 54.6 Å². The number of amides is 1. The fraction of sp³-hybridized carbons (Fsp3) is 0.188. The van der Waals surface area contributed by atoms with E-state index >= 15 is 0 Å². The summed E-state index contributed by atoms with van der Waals surface area (Å²) in [5.74, 6) is -0.286. The molecule has 0 radical (unpaired) electrons. The van der Waals surface area contributed by atoms with Crippen LogP contribution in [-0.2, 0) is 32.7 Å². The second-order valence-electron chi connectivity index (χ2n) is 4.87. The molecule has 0 saturated carbocycles. The quantitative estimate of drug-likeness (QED) is 0.809. The number of rotatable bonds is 6. The maximum atomic E-state index is 11.7. The summed E-state index contributed by atoms with van der Waals surface area (Å²) >= 11 is 0. The van der Waals surface area contributed by atoms with Crippen LogP contribution in [0.4, 0.5) is 4.79 Å². The molecule has 0 aliphatic heterocycles. The number of hydrogen-bond donors (Lipinski definition) is 1. The Hall–Kier alpha value is -2.05. The third kappa shape index (κ3) is 6.30. The van der Waals surface area contributed by atoms with E-state index in [0.717, 1.165) is 5.56 Å². The third-order valence-corrected chi connectivity index (χ3v) is 4.07. The predicted octanol–water partition coefficient (Wildman–Crippen LogP) is 3.18. The highest BCUT2D eigenvalue weighted by Gasteiger charge is 2.12. The Labute approximate surface area is 139 Å². The number of hydrogen-bond acceptors (Lipinski definition) is 4. The van der Waals surface area contributed by atoms with Crippen LogP contribution in [0.25, 0.3) is 0 Å². The summed E-state index contributed by atoms with van der Waals surface area (Å²) in [5.41, 5.74) is 2.11. The minimum absolute atomic E-state index is 0.163. The van der Waals surface area contributed by atoms with Gasteiger partial charge in [0.25, 0.3) is 0 Å². The van der Waals surface area contributed by atoms with E-state index in [2.05, 4.69) is 5.32 Å². The van der Waals surface area contributed by atoms with Gasteiger partial charge in [-0.25, -0.2) is 13.2 Å². The van der Waals surface area contributed by atoms with Crippen molar-refractivity contribution in [2.24, 2.45) is 0 Å². The Kier molecular flexibility index (Phi) is 6.01. The fourth-order valence-electron chi connectivity index (χ4n) is 2.00. The minimum atomic E-state index is -3.66. The molecule has 5 nitrogen and oxygen atoms in total. The van der Waals surface area contributed by atoms with Crippen LogP contribution < -0.4 is 5.32 Å². The van der Waals surface area contributed by atoms with Gasteiger partial charge in [0, 0.05) is 17.2 Å². The summed E-state index contributed by atoms with van der Waals surface area (Å²) in [4.78, 5) is 11.7. The Bertz CT molecular complexity index is 763. The SMILES string of the molecule is O=C(NCc1ccccc1CS(=O)(=O)Cl)OCc1ccccc1. The van der Waals surface area contributed by atoms with Gasteiger partial charge in [-0.2, -0.15) is 0 Å². The molecule has 2 aromatic rings. The molecule has 0 saturated heterocycles. The zero-order chi connectivity index (χ0) is 16.7. The van der Waals surface area contributed by atoms with Crippen LogP contribution in [0.5, 0.6) is 0 Å². The number of carbonyl (C=O) groups excluding carboxylic acids is 1. The lowest BCUT2D eigenvalue weighted by molar-refractivity contribution is 0.139. The van der Waals surface area contributed by atoms with Gasteiger partial charge in [0.1, 0.15) is 6.61 Å². The fourth-order valence-corrected chi connectivity index (χ4v) is 3.00. The van der Waals surface area contributed by atoms with Gasteiger partial charge in [0.05, 0.1) is 5.75 Å². The van der Waals surface area contributed by atoms with Crippen molar-refractivity contribution in [2.75, 3.05) is 0 Å². The van der Waals surface area contributed by atoms with Crippen molar-refractivity contribution < 1.29 is 17.9 Å². The van der Waals surface area contributed by atoms with Gasteiger partial charge in [0.2, 0.25) is 9.05 Å². The summed E-state index contributed by atoms with van der Waals surface area (Å²) in [7, 11) is 1.62. The molecule has 0 aromatic heterocycles. The largest absolute Gasteiger partial charge is 0.445 e. The first kappa shape index (κ1) is 17.3. The Morgan fingerprint density at radius 1 is 1.00 bits per heavy atom. The van der Waals surface area contributed by atoms with Crippen molar-refractivity contribution in [3.63, 3.8) is 0 Å². The minimum Gasteiger partial charge on any atom is -0.445 e. The molecule has 2 rings (SSSR count). The number of nitrogens with one attached hydrogen (secondary N) is 1. The van der Waals surface area contributed by atoms with E-state index in [1.807, 2.05) is 30.3 Å². The summed E-state index contributed by atoms with van der Waals surface area (Å²) in [6.45, 7) is 0.334. The second-order valence-corrected chi connectivity index (χ2v) is 7.64. The average molecular weight is 354 g/mol. The van der Waals surface area contributed by atoms with Crippen LogP contribution in [-0.4, -0.2) is 14.5 Å². The van der Waals surface area contributed by atoms with Crippen LogP contribution in [0, 0.1) is 0 Å². The lowest BCUT2D eigenvalue weighted by Gasteiger charge is -2.10. The standard InChI is InChI=1S/C16H16ClNO4S/c17-23(20,21)12-15-9-5-4-8-14(15)10-18-16(19)22-11-13-6-2-1-3-7-13/h1-9H,10-12H2,(H,18,19). The monoisotopic (exact) mass is 353 g/mol. The Balaban J connectivity index is 1.89. The lowest BCUT2D eigenvalue weighted by Crippen LogP contribution is -2.24. The summed E-state index contributed by atoms with van der Waals surface area (Å²) in [5, 5.41) is 2.60. The van der Waals surface area contributed by atoms with Gasteiger partial charge < -0.3 is 10.1 Å². The van der Waals surface area contributed by atoms with E-state index in [0.29, 0.717) is 11.1 Å². The molecule has 122 valence electrons. The first-order chi connectivity index (χ1) is 10.9. The molecule has 0 aliphatic carbocycles. The molecule has 0 atom stereocenters. The molecular weight excluding hydrogens is 338 g/mol. The van der Waals surface area contributed by atoms with E-state index in [1.54, 1.807) is 24.3 Å². The van der Waals surface area contributed by atoms with Crippen molar-refractivity contribution in [1.82, 2.24) is 5.32 Å². The van der Waals surface area contributed by atoms with Gasteiger partial charge in [-0.3, -0.25) is 0 Å². The van der Waals surface area contributed by atoms with Crippen LogP contribution in [0.3, 0.4) is 0 Å². The lowest BCUT2D eigenvalue weighted by atomic mass is 10.1. The summed E-state index contributed by atoms with van der Waals surface area (Å²) < 4.78 is 27.5. The molecule has 7 heteroatoms. The number of carbonyl (C=O) groups is 1. The molecule has 0 heterocycles. The highest BCUT2D eigenvalue weighted by Crippen LogP contribution is 2.15. The third-order valence-electron chi connectivity index (χ3n) is 3.08. The average Bonchev–Trinajstić information content (AvgIpc) is 2.51. The van der Waals surface area contributed by atoms with Crippen molar-refractivity contribution in [1.29, 1.82) is 0 Å². The number of ether oxygens (including phenoxy) is 1. The summed E-state index contributed by atoms with van der Waals surface area (Å²) in [6, 6.07) is 16.2. The molecule has 0 spiro atoms. The van der Waals surface area contributed by atoms with Crippen LogP contribution >= 0.6 is 10.7 Å². The maximum Gasteiger partial charge on any atom is 0.407 e. The predicted molar refractivity (Wildman–Crippen MR) is 88.4 cm³/mol. The van der Waals surface area contributed by atoms with Gasteiger partial charge in [0.15, 0.2) is 0 Å². The van der Waals surface area contributed by atoms with Crippen LogP contribution in [0.15, 0.2) is 54.6 Å². The molecule has 0 fully saturated rings. The molecule has 0 aliphatic rings. The van der Waals surface area contributed by atoms with E-state index in [1.165, 1.54) is 0 Å². The normalized spacial score (nSPS) is 11.0. The van der Waals surface area contributed by atoms with Crippen molar-refractivity contribution >= 4 is 25.8 Å². The maximum absolute atomic E-state index is 11.7. The van der Waals surface area contributed by atoms with Gasteiger partial charge in [-0.05, 0) is 16.7 Å². The first-order valence-corrected chi connectivity index (χ1v) is 9.35. The van der Waals surface area contributed by atoms with E-state index < -0.39 is 15.1 Å². The number of alkyl carbamates (subject to hydrolysis) is 1. The second kappa shape index (κ2) is 7.99. The Morgan fingerprint density at radius 3 is 2.26 bits per heavy atom. The summed E-state index contributed by atoms with van der Waals surface area (Å²) in [6.07, 6.45) is -0.572. The van der Waals surface area contributed by atoms with Gasteiger partial charge >= 0.3 is 6.09 Å². The molecule has 1 amide bonds. The van der Waals surface area contributed by atoms with E-state index in [4.69, 9.17) is 15.4 Å². The smallest absolute Gasteiger partial charge is 0.407 e. The van der Waals surface area contributed by atoms with Crippen LogP contribution in [0.2, 0.25) is 0 Å².